The number of allylic oxidation sites excluding steroid dienone is 12. The van der Waals surface area contributed by atoms with Crippen LogP contribution in [0.2, 0.25) is 0 Å². The molecule has 0 aliphatic carbocycles. The molecule has 0 aliphatic rings. The van der Waals surface area contributed by atoms with Crippen LogP contribution in [0.5, 0.6) is 0 Å². The van der Waals surface area contributed by atoms with Crippen LogP contribution in [-0.4, -0.2) is 9.13 Å². The van der Waals surface area contributed by atoms with Crippen molar-refractivity contribution in [3.05, 3.63) is 243 Å². The van der Waals surface area contributed by atoms with Crippen molar-refractivity contribution in [2.45, 2.75) is 13.3 Å². The maximum atomic E-state index is 5.37. The lowest BCUT2D eigenvalue weighted by Gasteiger charge is -2.10. The summed E-state index contributed by atoms with van der Waals surface area (Å²) in [5, 5.41) is 7.51. The van der Waals surface area contributed by atoms with Crippen LogP contribution in [0.3, 0.4) is 0 Å². The highest BCUT2D eigenvalue weighted by Gasteiger charge is 2.17. The minimum absolute atomic E-state index is 0.868. The number of hydrogen-bond donors (Lipinski definition) is 2. The maximum Gasteiger partial charge on any atom is 0.0547 e. The van der Waals surface area contributed by atoms with Crippen molar-refractivity contribution in [2.75, 3.05) is 0 Å². The summed E-state index contributed by atoms with van der Waals surface area (Å²) >= 11 is 0. The number of nitrogens with zero attached hydrogens (tertiary/aromatic N) is 2. The fourth-order valence-corrected chi connectivity index (χ4v) is 7.86. The van der Waals surface area contributed by atoms with Gasteiger partial charge in [0.2, 0.25) is 0 Å². The molecule has 4 nitrogen and oxygen atoms in total. The molecule has 0 saturated heterocycles. The van der Waals surface area contributed by atoms with Crippen LogP contribution < -0.4 is 11.5 Å². The van der Waals surface area contributed by atoms with E-state index in [9.17, 15) is 0 Å². The Morgan fingerprint density at radius 1 is 0.400 bits per heavy atom. The first kappa shape index (κ1) is 39.0. The molecule has 0 atom stereocenters. The lowest BCUT2D eigenvalue weighted by Crippen LogP contribution is -1.94. The molecule has 0 bridgehead atoms. The summed E-state index contributed by atoms with van der Waals surface area (Å²) < 4.78 is 4.79. The standard InChI is InChI=1S/C49H37N3.C7H11N/c50-30-14-5-3-1-2-4-7-15-35-22-26-41(27-23-35)52-48-29-25-39(33-44(48)45-31-36-16-10-11-17-37(36)34-49(45)52)38-24-28-47-43(32-38)42-20-12-13-21-46(42)51(47)40-18-8-6-9-19-40;1-2-3-4-5-6-7-8/h1-14,16-34H,15,50H2;2-7H,8H2,1H3/b2-1+,5-3-,7-4+,30-14-;3-2+,5-4-,7-6-. The molecule has 2 heterocycles. The monoisotopic (exact) mass is 776 g/mol. The van der Waals surface area contributed by atoms with Gasteiger partial charge < -0.3 is 20.6 Å². The van der Waals surface area contributed by atoms with Crippen molar-refractivity contribution in [1.82, 2.24) is 9.13 Å². The van der Waals surface area contributed by atoms with Crippen molar-refractivity contribution in [2.24, 2.45) is 11.5 Å². The third-order valence-electron chi connectivity index (χ3n) is 10.6. The van der Waals surface area contributed by atoms with E-state index in [1.807, 2.05) is 55.5 Å². The van der Waals surface area contributed by atoms with Crippen LogP contribution >= 0.6 is 0 Å². The number of nitrogens with two attached hydrogens (primary N) is 2. The number of aromatic nitrogens is 2. The summed E-state index contributed by atoms with van der Waals surface area (Å²) in [5.74, 6) is 0. The molecule has 0 saturated carbocycles. The molecule has 9 aromatic rings. The van der Waals surface area contributed by atoms with E-state index in [1.54, 1.807) is 12.2 Å². The quantitative estimate of drug-likeness (QED) is 0.136. The Hall–Kier alpha value is -7.82. The Labute approximate surface area is 352 Å². The topological polar surface area (TPSA) is 61.9 Å². The molecule has 0 unspecified atom stereocenters. The van der Waals surface area contributed by atoms with Crippen LogP contribution in [0, 0.1) is 0 Å². The molecule has 0 radical (unpaired) electrons. The zero-order valence-corrected chi connectivity index (χ0v) is 33.8. The Morgan fingerprint density at radius 3 is 1.57 bits per heavy atom. The predicted molar refractivity (Wildman–Crippen MR) is 260 cm³/mol. The summed E-state index contributed by atoms with van der Waals surface area (Å²) in [4.78, 5) is 0. The van der Waals surface area contributed by atoms with Gasteiger partial charge in [-0.2, -0.15) is 0 Å². The molecular weight excluding hydrogens is 729 g/mol. The van der Waals surface area contributed by atoms with E-state index >= 15 is 0 Å². The van der Waals surface area contributed by atoms with Crippen LogP contribution in [0.25, 0.3) is 76.9 Å². The molecule has 0 spiro atoms. The van der Waals surface area contributed by atoms with E-state index < -0.39 is 0 Å². The van der Waals surface area contributed by atoms with Crippen molar-refractivity contribution in [3.63, 3.8) is 0 Å². The summed E-state index contributed by atoms with van der Waals surface area (Å²) in [6.07, 6.45) is 27.3. The van der Waals surface area contributed by atoms with Gasteiger partial charge in [-0.1, -0.05) is 146 Å². The van der Waals surface area contributed by atoms with Gasteiger partial charge in [0.05, 0.1) is 22.1 Å². The third-order valence-corrected chi connectivity index (χ3v) is 10.6. The van der Waals surface area contributed by atoms with E-state index in [0.29, 0.717) is 0 Å². The Kier molecular flexibility index (Phi) is 12.1. The van der Waals surface area contributed by atoms with Gasteiger partial charge in [0.25, 0.3) is 0 Å². The number of fused-ring (bicyclic) bond motifs is 7. The molecule has 2 aromatic heterocycles. The van der Waals surface area contributed by atoms with Crippen LogP contribution in [-0.2, 0) is 6.42 Å². The lowest BCUT2D eigenvalue weighted by atomic mass is 10.00. The zero-order valence-electron chi connectivity index (χ0n) is 33.8. The number of benzene rings is 7. The zero-order chi connectivity index (χ0) is 41.1. The highest BCUT2D eigenvalue weighted by atomic mass is 15.0. The SMILES string of the molecule is C/C=C/C=C\C=C/N.N\C=C/C=C\C=C\C=C\Cc1ccc(-n2c3ccc(-c4ccc5c(c4)c4ccccc4n5-c4ccccc4)cc3c3cc4ccccc4cc32)cc1. The van der Waals surface area contributed by atoms with Crippen molar-refractivity contribution in [3.8, 4) is 22.5 Å². The molecule has 9 rings (SSSR count). The molecule has 0 aliphatic heterocycles. The summed E-state index contributed by atoms with van der Waals surface area (Å²) in [7, 11) is 0. The smallest absolute Gasteiger partial charge is 0.0547 e. The largest absolute Gasteiger partial charge is 0.405 e. The molecule has 4 heteroatoms. The predicted octanol–water partition coefficient (Wildman–Crippen LogP) is 14.0. The minimum Gasteiger partial charge on any atom is -0.405 e. The molecule has 0 amide bonds. The van der Waals surface area contributed by atoms with Gasteiger partial charge >= 0.3 is 0 Å². The first-order chi connectivity index (χ1) is 29.7. The number of rotatable bonds is 10. The summed E-state index contributed by atoms with van der Waals surface area (Å²) in [5.41, 5.74) is 21.3. The molecule has 0 fully saturated rings. The van der Waals surface area contributed by atoms with Gasteiger partial charge in [0.1, 0.15) is 0 Å². The maximum absolute atomic E-state index is 5.37. The lowest BCUT2D eigenvalue weighted by molar-refractivity contribution is 1.16. The molecule has 7 aromatic carbocycles. The third kappa shape index (κ3) is 8.27. The number of para-hydroxylation sites is 2. The van der Waals surface area contributed by atoms with Gasteiger partial charge in [0, 0.05) is 32.9 Å². The van der Waals surface area contributed by atoms with Crippen molar-refractivity contribution in [1.29, 1.82) is 0 Å². The highest BCUT2D eigenvalue weighted by Crippen LogP contribution is 2.39. The van der Waals surface area contributed by atoms with Crippen molar-refractivity contribution >= 4 is 54.4 Å². The Bertz CT molecular complexity index is 3110. The van der Waals surface area contributed by atoms with E-state index in [2.05, 4.69) is 173 Å². The van der Waals surface area contributed by atoms with Gasteiger partial charge in [0.15, 0.2) is 0 Å². The van der Waals surface area contributed by atoms with Crippen LogP contribution in [0.1, 0.15) is 12.5 Å². The van der Waals surface area contributed by atoms with Gasteiger partial charge in [-0.15, -0.1) is 0 Å². The normalized spacial score (nSPS) is 12.5. The van der Waals surface area contributed by atoms with Crippen LogP contribution in [0.4, 0.5) is 0 Å². The first-order valence-corrected chi connectivity index (χ1v) is 20.4. The fourth-order valence-electron chi connectivity index (χ4n) is 7.86. The Morgan fingerprint density at radius 2 is 0.900 bits per heavy atom. The van der Waals surface area contributed by atoms with E-state index in [1.165, 1.54) is 89.2 Å². The second-order valence-corrected chi connectivity index (χ2v) is 14.5. The van der Waals surface area contributed by atoms with Crippen LogP contribution in [0.15, 0.2) is 237 Å². The fraction of sp³-hybridized carbons (Fsp3) is 0.0357. The van der Waals surface area contributed by atoms with Crippen molar-refractivity contribution < 1.29 is 0 Å². The number of hydrogen-bond acceptors (Lipinski definition) is 2. The molecular formula is C56H48N4. The van der Waals surface area contributed by atoms with Gasteiger partial charge in [-0.25, -0.2) is 0 Å². The highest BCUT2D eigenvalue weighted by molar-refractivity contribution is 6.15. The molecule has 60 heavy (non-hydrogen) atoms. The first-order valence-electron chi connectivity index (χ1n) is 20.4. The average molecular weight is 777 g/mol. The van der Waals surface area contributed by atoms with E-state index in [4.69, 9.17) is 11.5 Å². The molecule has 292 valence electrons. The van der Waals surface area contributed by atoms with E-state index in [-0.39, 0.29) is 0 Å². The average Bonchev–Trinajstić information content (AvgIpc) is 3.80. The molecule has 4 N–H and O–H groups in total. The van der Waals surface area contributed by atoms with Gasteiger partial charge in [-0.05, 0) is 132 Å². The summed E-state index contributed by atoms with van der Waals surface area (Å²) in [6, 6.07) is 55.6. The second kappa shape index (κ2) is 18.6. The second-order valence-electron chi connectivity index (χ2n) is 14.5. The minimum atomic E-state index is 0.868. The summed E-state index contributed by atoms with van der Waals surface area (Å²) in [6.45, 7) is 1.97. The van der Waals surface area contributed by atoms with Gasteiger partial charge in [-0.3, -0.25) is 0 Å². The Balaban J connectivity index is 0.000000568. The van der Waals surface area contributed by atoms with E-state index in [0.717, 1.165) is 12.1 Å².